The van der Waals surface area contributed by atoms with Gasteiger partial charge >= 0.3 is 0 Å². The van der Waals surface area contributed by atoms with E-state index in [1.165, 1.54) is 5.56 Å². The molecule has 1 aromatic heterocycles. The zero-order valence-corrected chi connectivity index (χ0v) is 14.1. The molecule has 108 valence electrons. The monoisotopic (exact) mass is 353 g/mol. The van der Waals surface area contributed by atoms with Crippen LogP contribution >= 0.6 is 27.3 Å². The van der Waals surface area contributed by atoms with Crippen molar-refractivity contribution in [3.63, 3.8) is 0 Å². The average molecular weight is 354 g/mol. The Hall–Kier alpha value is -0.680. The molecule has 0 aliphatic carbocycles. The molecule has 20 heavy (non-hydrogen) atoms. The molecule has 0 saturated carbocycles. The van der Waals surface area contributed by atoms with E-state index in [0.717, 1.165) is 14.2 Å². The third-order valence-electron chi connectivity index (χ3n) is 3.55. The molecular weight excluding hydrogens is 334 g/mol. The summed E-state index contributed by atoms with van der Waals surface area (Å²) in [5.41, 5.74) is 8.28. The first-order valence-electron chi connectivity index (χ1n) is 6.76. The summed E-state index contributed by atoms with van der Waals surface area (Å²) in [6.07, 6.45) is -0.554. The fraction of sp³-hybridized carbons (Fsp3) is 0.375. The van der Waals surface area contributed by atoms with Gasteiger partial charge in [-0.3, -0.25) is 0 Å². The minimum Gasteiger partial charge on any atom is -0.387 e. The molecule has 0 bridgehead atoms. The van der Waals surface area contributed by atoms with Gasteiger partial charge in [-0.2, -0.15) is 0 Å². The minimum atomic E-state index is -0.554. The van der Waals surface area contributed by atoms with E-state index in [4.69, 9.17) is 5.73 Å². The Kier molecular flexibility index (Phi) is 5.38. The van der Waals surface area contributed by atoms with Gasteiger partial charge in [-0.05, 0) is 45.1 Å². The van der Waals surface area contributed by atoms with E-state index in [1.807, 2.05) is 12.1 Å². The molecule has 0 aliphatic heterocycles. The Balaban J connectivity index is 2.23. The van der Waals surface area contributed by atoms with E-state index < -0.39 is 6.10 Å². The number of aliphatic hydroxyl groups is 1. The lowest BCUT2D eigenvalue weighted by Gasteiger charge is -2.21. The second kappa shape index (κ2) is 6.85. The highest BCUT2D eigenvalue weighted by atomic mass is 79.9. The number of aliphatic hydroxyl groups excluding tert-OH is 1. The van der Waals surface area contributed by atoms with E-state index in [0.29, 0.717) is 12.5 Å². The first kappa shape index (κ1) is 15.7. The van der Waals surface area contributed by atoms with Gasteiger partial charge in [0, 0.05) is 17.3 Å². The third-order valence-corrected chi connectivity index (χ3v) is 5.25. The smallest absolute Gasteiger partial charge is 0.0962 e. The van der Waals surface area contributed by atoms with E-state index in [2.05, 4.69) is 54.0 Å². The number of hydrogen-bond donors (Lipinski definition) is 2. The highest BCUT2D eigenvalue weighted by Crippen LogP contribution is 2.36. The summed E-state index contributed by atoms with van der Waals surface area (Å²) in [4.78, 5) is 0.945. The van der Waals surface area contributed by atoms with Gasteiger partial charge in [0.05, 0.1) is 9.89 Å². The molecule has 2 atom stereocenters. The first-order chi connectivity index (χ1) is 9.52. The zero-order chi connectivity index (χ0) is 14.7. The van der Waals surface area contributed by atoms with Gasteiger partial charge in [0.1, 0.15) is 0 Å². The van der Waals surface area contributed by atoms with Crippen molar-refractivity contribution in [1.82, 2.24) is 0 Å². The summed E-state index contributed by atoms with van der Waals surface area (Å²) in [7, 11) is 0. The van der Waals surface area contributed by atoms with Gasteiger partial charge in [-0.1, -0.05) is 38.1 Å². The van der Waals surface area contributed by atoms with Gasteiger partial charge in [-0.25, -0.2) is 0 Å². The van der Waals surface area contributed by atoms with Crippen LogP contribution in [-0.2, 0) is 0 Å². The van der Waals surface area contributed by atoms with Crippen molar-refractivity contribution in [2.45, 2.75) is 31.8 Å². The fourth-order valence-electron chi connectivity index (χ4n) is 2.26. The van der Waals surface area contributed by atoms with Crippen molar-refractivity contribution < 1.29 is 5.11 Å². The first-order valence-corrected chi connectivity index (χ1v) is 8.37. The number of hydrogen-bond acceptors (Lipinski definition) is 3. The maximum Gasteiger partial charge on any atom is 0.0962 e. The lowest BCUT2D eigenvalue weighted by atomic mass is 9.90. The van der Waals surface area contributed by atoms with Gasteiger partial charge < -0.3 is 10.8 Å². The molecule has 3 N–H and O–H groups in total. The number of nitrogens with two attached hydrogens (primary N) is 1. The summed E-state index contributed by atoms with van der Waals surface area (Å²) < 4.78 is 1.03. The summed E-state index contributed by atoms with van der Waals surface area (Å²) in [6.45, 7) is 4.78. The Labute approximate surface area is 132 Å². The molecule has 2 nitrogen and oxygen atoms in total. The maximum absolute atomic E-state index is 10.5. The van der Waals surface area contributed by atoms with E-state index >= 15 is 0 Å². The highest BCUT2D eigenvalue weighted by molar-refractivity contribution is 9.11. The largest absolute Gasteiger partial charge is 0.387 e. The predicted molar refractivity (Wildman–Crippen MR) is 89.3 cm³/mol. The average Bonchev–Trinajstić information content (AvgIpc) is 2.86. The topological polar surface area (TPSA) is 46.2 Å². The number of rotatable bonds is 5. The molecule has 4 heteroatoms. The van der Waals surface area contributed by atoms with E-state index in [9.17, 15) is 5.11 Å². The zero-order valence-electron chi connectivity index (χ0n) is 11.7. The van der Waals surface area contributed by atoms with Crippen molar-refractivity contribution in [3.8, 4) is 0 Å². The second-order valence-electron chi connectivity index (χ2n) is 5.25. The van der Waals surface area contributed by atoms with Crippen molar-refractivity contribution in [3.05, 3.63) is 56.2 Å². The van der Waals surface area contributed by atoms with Crippen LogP contribution in [0.15, 0.2) is 40.2 Å². The van der Waals surface area contributed by atoms with Gasteiger partial charge in [0.25, 0.3) is 0 Å². The molecule has 2 aromatic rings. The molecule has 0 radical (unpaired) electrons. The standard InChI is InChI=1S/C16H20BrNOS/c1-10(2)11-3-5-12(6-4-11)13(9-18)16(19)14-7-8-15(17)20-14/h3-8,10,13,16,19H,9,18H2,1-2H3. The van der Waals surface area contributed by atoms with Crippen LogP contribution in [0.5, 0.6) is 0 Å². The Morgan fingerprint density at radius 2 is 1.70 bits per heavy atom. The number of halogens is 1. The molecule has 0 spiro atoms. The number of benzene rings is 1. The molecule has 0 aliphatic rings. The van der Waals surface area contributed by atoms with Crippen molar-refractivity contribution in [2.24, 2.45) is 5.73 Å². The molecule has 1 heterocycles. The molecule has 0 amide bonds. The molecular formula is C16H20BrNOS. The van der Waals surface area contributed by atoms with Gasteiger partial charge in [-0.15, -0.1) is 11.3 Å². The summed E-state index contributed by atoms with van der Waals surface area (Å²) >= 11 is 4.98. The summed E-state index contributed by atoms with van der Waals surface area (Å²) in [6, 6.07) is 12.3. The fourth-order valence-corrected chi connectivity index (χ4v) is 3.74. The Morgan fingerprint density at radius 3 is 2.15 bits per heavy atom. The third kappa shape index (κ3) is 3.50. The molecule has 2 unspecified atom stereocenters. The van der Waals surface area contributed by atoms with Crippen molar-refractivity contribution >= 4 is 27.3 Å². The van der Waals surface area contributed by atoms with Crippen LogP contribution in [0.3, 0.4) is 0 Å². The Bertz CT molecular complexity index is 550. The summed E-state index contributed by atoms with van der Waals surface area (Å²) in [5, 5.41) is 10.5. The van der Waals surface area contributed by atoms with Gasteiger partial charge in [0.2, 0.25) is 0 Å². The van der Waals surface area contributed by atoms with Crippen molar-refractivity contribution in [2.75, 3.05) is 6.54 Å². The molecule has 2 rings (SSSR count). The summed E-state index contributed by atoms with van der Waals surface area (Å²) in [5.74, 6) is 0.445. The molecule has 0 saturated heterocycles. The maximum atomic E-state index is 10.5. The quantitative estimate of drug-likeness (QED) is 0.835. The lowest BCUT2D eigenvalue weighted by molar-refractivity contribution is 0.151. The molecule has 0 fully saturated rings. The minimum absolute atomic E-state index is 0.0678. The van der Waals surface area contributed by atoms with Crippen LogP contribution in [0.2, 0.25) is 0 Å². The highest BCUT2D eigenvalue weighted by Gasteiger charge is 2.22. The SMILES string of the molecule is CC(C)c1ccc(C(CN)C(O)c2ccc(Br)s2)cc1. The van der Waals surface area contributed by atoms with E-state index in [-0.39, 0.29) is 5.92 Å². The lowest BCUT2D eigenvalue weighted by Crippen LogP contribution is -2.19. The number of thiophene rings is 1. The molecule has 1 aromatic carbocycles. The van der Waals surface area contributed by atoms with Gasteiger partial charge in [0.15, 0.2) is 0 Å². The Morgan fingerprint density at radius 1 is 1.10 bits per heavy atom. The normalized spacial score (nSPS) is 14.5. The van der Waals surface area contributed by atoms with Crippen LogP contribution in [0.1, 0.15) is 47.8 Å². The van der Waals surface area contributed by atoms with Crippen LogP contribution in [0.25, 0.3) is 0 Å². The van der Waals surface area contributed by atoms with Crippen LogP contribution in [-0.4, -0.2) is 11.7 Å². The predicted octanol–water partition coefficient (Wildman–Crippen LogP) is 4.41. The van der Waals surface area contributed by atoms with E-state index in [1.54, 1.807) is 11.3 Å². The van der Waals surface area contributed by atoms with Crippen molar-refractivity contribution in [1.29, 1.82) is 0 Å². The van der Waals surface area contributed by atoms with Crippen LogP contribution < -0.4 is 5.73 Å². The van der Waals surface area contributed by atoms with Crippen LogP contribution in [0, 0.1) is 0 Å². The van der Waals surface area contributed by atoms with Crippen LogP contribution in [0.4, 0.5) is 0 Å². The second-order valence-corrected chi connectivity index (χ2v) is 7.74.